The number of anilines is 1. The van der Waals surface area contributed by atoms with E-state index < -0.39 is 10.2 Å². The molecule has 2 saturated heterocycles. The highest BCUT2D eigenvalue weighted by Crippen LogP contribution is 2.29. The molecule has 1 aromatic heterocycles. The van der Waals surface area contributed by atoms with Crippen molar-refractivity contribution in [2.75, 3.05) is 45.1 Å². The minimum atomic E-state index is -3.41. The molecule has 4 rings (SSSR count). The number of hydrogen-bond donors (Lipinski definition) is 2. The number of aromatic nitrogens is 2. The molecule has 144 valence electrons. The minimum absolute atomic E-state index is 0.307. The summed E-state index contributed by atoms with van der Waals surface area (Å²) in [6.45, 7) is 3.98. The highest BCUT2D eigenvalue weighted by Gasteiger charge is 2.35. The maximum atomic E-state index is 13.0. The molecular weight excluding hydrogens is 352 g/mol. The van der Waals surface area contributed by atoms with Crippen molar-refractivity contribution >= 4 is 16.0 Å². The van der Waals surface area contributed by atoms with Crippen molar-refractivity contribution in [2.24, 2.45) is 0 Å². The maximum Gasteiger partial charge on any atom is 0.282 e. The summed E-state index contributed by atoms with van der Waals surface area (Å²) in [5.41, 5.74) is 1.92. The summed E-state index contributed by atoms with van der Waals surface area (Å²) in [5.74, 6) is 1.99. The van der Waals surface area contributed by atoms with Crippen LogP contribution in [-0.4, -0.2) is 66.8 Å². The van der Waals surface area contributed by atoms with E-state index in [1.54, 1.807) is 8.61 Å². The van der Waals surface area contributed by atoms with Crippen LogP contribution in [0.2, 0.25) is 0 Å². The van der Waals surface area contributed by atoms with Gasteiger partial charge in [0.15, 0.2) is 0 Å². The second-order valence-corrected chi connectivity index (χ2v) is 9.27. The quantitative estimate of drug-likeness (QED) is 0.799. The Morgan fingerprint density at radius 2 is 1.92 bits per heavy atom. The standard InChI is InChI=1S/C17H28N6O2S/c1-18-17-14-6-10-23(26(24,25)22-8-3-2-4-9-22)12-15(14)20-16(21-17)13-5-7-19-11-13/h13,19H,2-12H2,1H3,(H,18,20,21)/t13-/m0/s1. The molecule has 1 atom stereocenters. The van der Waals surface area contributed by atoms with Gasteiger partial charge in [-0.1, -0.05) is 6.42 Å². The Morgan fingerprint density at radius 1 is 1.12 bits per heavy atom. The lowest BCUT2D eigenvalue weighted by atomic mass is 10.0. The molecule has 0 bridgehead atoms. The van der Waals surface area contributed by atoms with Crippen LogP contribution in [0.3, 0.4) is 0 Å². The van der Waals surface area contributed by atoms with Gasteiger partial charge in [-0.05, 0) is 32.2 Å². The van der Waals surface area contributed by atoms with Gasteiger partial charge >= 0.3 is 0 Å². The third kappa shape index (κ3) is 3.33. The van der Waals surface area contributed by atoms with Crippen molar-refractivity contribution in [3.63, 3.8) is 0 Å². The van der Waals surface area contributed by atoms with E-state index in [1.165, 1.54) is 0 Å². The molecule has 3 aliphatic heterocycles. The zero-order valence-electron chi connectivity index (χ0n) is 15.4. The molecule has 3 aliphatic rings. The van der Waals surface area contributed by atoms with Crippen LogP contribution in [-0.2, 0) is 23.2 Å². The van der Waals surface area contributed by atoms with Gasteiger partial charge in [0.2, 0.25) is 0 Å². The number of rotatable bonds is 4. The highest BCUT2D eigenvalue weighted by atomic mass is 32.2. The van der Waals surface area contributed by atoms with Crippen LogP contribution in [0.5, 0.6) is 0 Å². The third-order valence-corrected chi connectivity index (χ3v) is 7.66. The molecule has 0 radical (unpaired) electrons. The van der Waals surface area contributed by atoms with Gasteiger partial charge in [-0.25, -0.2) is 9.97 Å². The number of piperidine rings is 1. The van der Waals surface area contributed by atoms with E-state index in [1.807, 2.05) is 7.05 Å². The second-order valence-electron chi connectivity index (χ2n) is 7.35. The number of hydrogen-bond acceptors (Lipinski definition) is 6. The van der Waals surface area contributed by atoms with Gasteiger partial charge in [0, 0.05) is 44.7 Å². The average molecular weight is 381 g/mol. The largest absolute Gasteiger partial charge is 0.373 e. The Morgan fingerprint density at radius 3 is 2.62 bits per heavy atom. The molecule has 0 amide bonds. The van der Waals surface area contributed by atoms with Crippen LogP contribution < -0.4 is 10.6 Å². The van der Waals surface area contributed by atoms with Gasteiger partial charge in [-0.15, -0.1) is 0 Å². The van der Waals surface area contributed by atoms with Crippen molar-refractivity contribution in [3.8, 4) is 0 Å². The molecule has 0 aromatic carbocycles. The Bertz CT molecular complexity index is 757. The molecule has 9 heteroatoms. The lowest BCUT2D eigenvalue weighted by Crippen LogP contribution is -2.47. The van der Waals surface area contributed by atoms with E-state index in [2.05, 4.69) is 10.6 Å². The Balaban J connectivity index is 1.61. The Kier molecular flexibility index (Phi) is 5.13. The first kappa shape index (κ1) is 18.1. The molecule has 8 nitrogen and oxygen atoms in total. The van der Waals surface area contributed by atoms with E-state index in [9.17, 15) is 8.42 Å². The van der Waals surface area contributed by atoms with E-state index >= 15 is 0 Å². The van der Waals surface area contributed by atoms with Crippen molar-refractivity contribution in [1.82, 2.24) is 23.9 Å². The Labute approximate surface area is 155 Å². The molecule has 2 N–H and O–H groups in total. The van der Waals surface area contributed by atoms with Gasteiger partial charge in [-0.2, -0.15) is 17.0 Å². The van der Waals surface area contributed by atoms with E-state index in [0.29, 0.717) is 38.5 Å². The Hall–Kier alpha value is -1.29. The minimum Gasteiger partial charge on any atom is -0.373 e. The average Bonchev–Trinajstić information content (AvgIpc) is 3.22. The fourth-order valence-corrected chi connectivity index (χ4v) is 5.80. The number of nitrogens with zero attached hydrogens (tertiary/aromatic N) is 4. The van der Waals surface area contributed by atoms with E-state index in [-0.39, 0.29) is 0 Å². The van der Waals surface area contributed by atoms with Crippen molar-refractivity contribution in [3.05, 3.63) is 17.1 Å². The topological polar surface area (TPSA) is 90.5 Å². The summed E-state index contributed by atoms with van der Waals surface area (Å²) in [6, 6.07) is 0. The van der Waals surface area contributed by atoms with Crippen LogP contribution in [0.4, 0.5) is 5.82 Å². The van der Waals surface area contributed by atoms with Crippen molar-refractivity contribution in [2.45, 2.75) is 44.6 Å². The lowest BCUT2D eigenvalue weighted by molar-refractivity contribution is 0.293. The van der Waals surface area contributed by atoms with Gasteiger partial charge in [0.1, 0.15) is 11.6 Å². The van der Waals surface area contributed by atoms with Gasteiger partial charge in [0.25, 0.3) is 10.2 Å². The molecule has 0 unspecified atom stereocenters. The molecule has 0 spiro atoms. The van der Waals surface area contributed by atoms with Crippen LogP contribution >= 0.6 is 0 Å². The summed E-state index contributed by atoms with van der Waals surface area (Å²) in [7, 11) is -1.53. The van der Waals surface area contributed by atoms with Gasteiger partial charge in [0.05, 0.1) is 12.2 Å². The lowest BCUT2D eigenvalue weighted by Gasteiger charge is -2.34. The molecule has 0 aliphatic carbocycles. The highest BCUT2D eigenvalue weighted by molar-refractivity contribution is 7.86. The first-order chi connectivity index (χ1) is 12.6. The normalized spacial score (nSPS) is 25.2. The number of nitrogens with one attached hydrogen (secondary N) is 2. The van der Waals surface area contributed by atoms with E-state index in [4.69, 9.17) is 9.97 Å². The monoisotopic (exact) mass is 380 g/mol. The number of fused-ring (bicyclic) bond motifs is 1. The van der Waals surface area contributed by atoms with Crippen molar-refractivity contribution in [1.29, 1.82) is 0 Å². The van der Waals surface area contributed by atoms with Crippen molar-refractivity contribution < 1.29 is 8.42 Å². The van der Waals surface area contributed by atoms with Crippen LogP contribution in [0.25, 0.3) is 0 Å². The SMILES string of the molecule is CNc1nc([C@H]2CCNC2)nc2c1CCN(S(=O)(=O)N1CCCCC1)C2. The van der Waals surface area contributed by atoms with Crippen LogP contribution in [0, 0.1) is 0 Å². The predicted molar refractivity (Wildman–Crippen MR) is 100 cm³/mol. The van der Waals surface area contributed by atoms with Crippen LogP contribution in [0.15, 0.2) is 0 Å². The molecule has 0 saturated carbocycles. The van der Waals surface area contributed by atoms with Gasteiger partial charge in [-0.3, -0.25) is 0 Å². The summed E-state index contributed by atoms with van der Waals surface area (Å²) >= 11 is 0. The first-order valence-electron chi connectivity index (χ1n) is 9.63. The fourth-order valence-electron chi connectivity index (χ4n) is 4.15. The third-order valence-electron chi connectivity index (χ3n) is 5.68. The summed E-state index contributed by atoms with van der Waals surface area (Å²) < 4.78 is 29.3. The first-order valence-corrected chi connectivity index (χ1v) is 11.0. The zero-order chi connectivity index (χ0) is 18.1. The predicted octanol–water partition coefficient (Wildman–Crippen LogP) is 0.684. The molecule has 26 heavy (non-hydrogen) atoms. The second kappa shape index (κ2) is 7.38. The zero-order valence-corrected chi connectivity index (χ0v) is 16.2. The fraction of sp³-hybridized carbons (Fsp3) is 0.765. The van der Waals surface area contributed by atoms with Crippen LogP contribution in [0.1, 0.15) is 48.7 Å². The smallest absolute Gasteiger partial charge is 0.282 e. The van der Waals surface area contributed by atoms with E-state index in [0.717, 1.165) is 61.7 Å². The molecular formula is C17H28N6O2S. The molecule has 2 fully saturated rings. The summed E-state index contributed by atoms with van der Waals surface area (Å²) in [5, 5.41) is 6.54. The molecule has 1 aromatic rings. The summed E-state index contributed by atoms with van der Waals surface area (Å²) in [6.07, 6.45) is 4.70. The maximum absolute atomic E-state index is 13.0. The summed E-state index contributed by atoms with van der Waals surface area (Å²) in [4.78, 5) is 9.52. The molecule has 4 heterocycles. The van der Waals surface area contributed by atoms with Gasteiger partial charge < -0.3 is 10.6 Å².